The minimum absolute atomic E-state index is 0.106. The predicted octanol–water partition coefficient (Wildman–Crippen LogP) is 4.86. The number of nitrogens with zero attached hydrogens (tertiary/aromatic N) is 3. The van der Waals surface area contributed by atoms with Crippen LogP contribution < -0.4 is 10.6 Å². The zero-order valence-electron chi connectivity index (χ0n) is 18.2. The maximum Gasteiger partial charge on any atom is 0.273 e. The first-order chi connectivity index (χ1) is 15.7. The number of amides is 2. The number of anilines is 1. The highest BCUT2D eigenvalue weighted by atomic mass is 35.5. The van der Waals surface area contributed by atoms with Crippen LogP contribution in [0.3, 0.4) is 0 Å². The zero-order chi connectivity index (χ0) is 24.1. The van der Waals surface area contributed by atoms with E-state index < -0.39 is 22.8 Å². The summed E-state index contributed by atoms with van der Waals surface area (Å²) in [5, 5.41) is 26.2. The number of benzene rings is 2. The molecule has 1 heterocycles. The number of nitro benzene ring substituents is 1. The van der Waals surface area contributed by atoms with Crippen LogP contribution in [0.25, 0.3) is 10.6 Å². The van der Waals surface area contributed by atoms with E-state index in [0.29, 0.717) is 27.1 Å². The summed E-state index contributed by atoms with van der Waals surface area (Å²) in [6, 6.07) is 10.4. The topological polar surface area (TPSA) is 127 Å². The Balaban J connectivity index is 1.76. The number of carbonyl (C=O) groups excluding carboxylic acids is 2. The number of hydrogen-bond donors (Lipinski definition) is 2. The van der Waals surface area contributed by atoms with E-state index in [9.17, 15) is 19.7 Å². The van der Waals surface area contributed by atoms with E-state index in [1.807, 2.05) is 13.8 Å². The molecule has 0 saturated carbocycles. The molecule has 3 aromatic rings. The first-order valence-electron chi connectivity index (χ1n) is 10.2. The van der Waals surface area contributed by atoms with Gasteiger partial charge in [-0.25, -0.2) is 0 Å². The van der Waals surface area contributed by atoms with Gasteiger partial charge in [0, 0.05) is 27.8 Å². The minimum Gasteiger partial charge on any atom is -0.340 e. The largest absolute Gasteiger partial charge is 0.340 e. The Morgan fingerprint density at radius 2 is 1.88 bits per heavy atom. The molecule has 3 rings (SSSR count). The van der Waals surface area contributed by atoms with Crippen LogP contribution >= 0.6 is 22.9 Å². The van der Waals surface area contributed by atoms with Gasteiger partial charge in [-0.05, 0) is 31.0 Å². The van der Waals surface area contributed by atoms with Gasteiger partial charge in [-0.3, -0.25) is 25.0 Å². The van der Waals surface area contributed by atoms with Gasteiger partial charge in [-0.2, -0.15) is 0 Å². The summed E-state index contributed by atoms with van der Waals surface area (Å²) in [4.78, 5) is 36.4. The van der Waals surface area contributed by atoms with E-state index in [-0.39, 0.29) is 17.2 Å². The quantitative estimate of drug-likeness (QED) is 0.345. The van der Waals surface area contributed by atoms with Crippen molar-refractivity contribution in [1.82, 2.24) is 15.5 Å². The molecule has 9 nitrogen and oxygen atoms in total. The zero-order valence-corrected chi connectivity index (χ0v) is 19.7. The molecular weight excluding hydrogens is 466 g/mol. The summed E-state index contributed by atoms with van der Waals surface area (Å²) < 4.78 is 0. The normalized spacial score (nSPS) is 12.6. The summed E-state index contributed by atoms with van der Waals surface area (Å²) in [7, 11) is 0. The van der Waals surface area contributed by atoms with Gasteiger partial charge in [0.05, 0.1) is 4.92 Å². The summed E-state index contributed by atoms with van der Waals surface area (Å²) in [6.45, 7) is 5.33. The van der Waals surface area contributed by atoms with E-state index in [1.54, 1.807) is 31.2 Å². The van der Waals surface area contributed by atoms with Gasteiger partial charge in [-0.1, -0.05) is 61.4 Å². The maximum atomic E-state index is 13.0. The average molecular weight is 488 g/mol. The molecule has 0 aliphatic rings. The fourth-order valence-electron chi connectivity index (χ4n) is 3.04. The molecule has 2 amide bonds. The van der Waals surface area contributed by atoms with E-state index in [1.165, 1.54) is 29.5 Å². The lowest BCUT2D eigenvalue weighted by atomic mass is 9.97. The van der Waals surface area contributed by atoms with Crippen molar-refractivity contribution in [1.29, 1.82) is 0 Å². The molecule has 0 spiro atoms. The van der Waals surface area contributed by atoms with Crippen LogP contribution in [-0.2, 0) is 4.79 Å². The highest BCUT2D eigenvalue weighted by Gasteiger charge is 2.28. The summed E-state index contributed by atoms with van der Waals surface area (Å²) in [5.74, 6) is -1.21. The van der Waals surface area contributed by atoms with Gasteiger partial charge in [0.1, 0.15) is 11.0 Å². The summed E-state index contributed by atoms with van der Waals surface area (Å²) in [5.41, 5.74) is 1.20. The van der Waals surface area contributed by atoms with E-state index in [0.717, 1.165) is 5.56 Å². The molecule has 2 unspecified atom stereocenters. The molecule has 172 valence electrons. The van der Waals surface area contributed by atoms with Crippen LogP contribution in [0.4, 0.5) is 10.8 Å². The van der Waals surface area contributed by atoms with Crippen molar-refractivity contribution in [3.8, 4) is 10.6 Å². The SMILES string of the molecule is CCC(C)C(NC(=O)c1ccc(C)c([N+](=O)[O-])c1)C(=O)Nc1nnc(-c2ccc(Cl)cc2)s1. The summed E-state index contributed by atoms with van der Waals surface area (Å²) >= 11 is 7.11. The third-order valence-corrected chi connectivity index (χ3v) is 6.34. The van der Waals surface area contributed by atoms with Gasteiger partial charge < -0.3 is 5.32 Å². The smallest absolute Gasteiger partial charge is 0.273 e. The van der Waals surface area contributed by atoms with Crippen molar-refractivity contribution in [2.45, 2.75) is 33.2 Å². The van der Waals surface area contributed by atoms with Crippen molar-refractivity contribution in [3.05, 3.63) is 68.7 Å². The number of halogens is 1. The van der Waals surface area contributed by atoms with Crippen LogP contribution in [0.2, 0.25) is 5.02 Å². The van der Waals surface area contributed by atoms with Gasteiger partial charge in [-0.15, -0.1) is 10.2 Å². The van der Waals surface area contributed by atoms with Crippen LogP contribution in [0.1, 0.15) is 36.2 Å². The van der Waals surface area contributed by atoms with Crippen LogP contribution in [0.15, 0.2) is 42.5 Å². The van der Waals surface area contributed by atoms with Gasteiger partial charge in [0.25, 0.3) is 11.6 Å². The molecule has 1 aromatic heterocycles. The number of nitrogens with one attached hydrogen (secondary N) is 2. The Morgan fingerprint density at radius 1 is 1.18 bits per heavy atom. The molecule has 2 N–H and O–H groups in total. The molecule has 0 bridgehead atoms. The number of carbonyl (C=O) groups is 2. The molecular formula is C22H22ClN5O4S. The van der Waals surface area contributed by atoms with Crippen molar-refractivity contribution in [2.24, 2.45) is 5.92 Å². The van der Waals surface area contributed by atoms with Crippen molar-refractivity contribution < 1.29 is 14.5 Å². The Kier molecular flexibility index (Phi) is 7.72. The fraction of sp³-hybridized carbons (Fsp3) is 0.273. The Bertz CT molecular complexity index is 1180. The highest BCUT2D eigenvalue weighted by molar-refractivity contribution is 7.18. The molecule has 0 saturated heterocycles. The molecule has 33 heavy (non-hydrogen) atoms. The molecule has 2 atom stereocenters. The highest BCUT2D eigenvalue weighted by Crippen LogP contribution is 2.27. The molecule has 0 fully saturated rings. The Morgan fingerprint density at radius 3 is 2.52 bits per heavy atom. The van der Waals surface area contributed by atoms with Crippen LogP contribution in [0.5, 0.6) is 0 Å². The lowest BCUT2D eigenvalue weighted by molar-refractivity contribution is -0.385. The second-order valence-corrected chi connectivity index (χ2v) is 8.92. The van der Waals surface area contributed by atoms with Crippen LogP contribution in [0, 0.1) is 23.0 Å². The van der Waals surface area contributed by atoms with E-state index >= 15 is 0 Å². The van der Waals surface area contributed by atoms with Gasteiger partial charge in [0.2, 0.25) is 11.0 Å². The third kappa shape index (κ3) is 5.91. The monoisotopic (exact) mass is 487 g/mol. The fourth-order valence-corrected chi connectivity index (χ4v) is 3.92. The average Bonchev–Trinajstić information content (AvgIpc) is 3.25. The van der Waals surface area contributed by atoms with Crippen molar-refractivity contribution in [3.63, 3.8) is 0 Å². The molecule has 0 aliphatic carbocycles. The third-order valence-electron chi connectivity index (χ3n) is 5.20. The number of aryl methyl sites for hydroxylation is 1. The summed E-state index contributed by atoms with van der Waals surface area (Å²) in [6.07, 6.45) is 0.624. The first kappa shape index (κ1) is 24.3. The van der Waals surface area contributed by atoms with Crippen LogP contribution in [-0.4, -0.2) is 33.0 Å². The number of aromatic nitrogens is 2. The second kappa shape index (κ2) is 10.5. The lowest BCUT2D eigenvalue weighted by Gasteiger charge is -2.23. The number of nitro groups is 1. The first-order valence-corrected chi connectivity index (χ1v) is 11.3. The number of hydrogen-bond acceptors (Lipinski definition) is 7. The Labute approximate surface area is 199 Å². The maximum absolute atomic E-state index is 13.0. The number of rotatable bonds is 8. The molecule has 0 aliphatic heterocycles. The lowest BCUT2D eigenvalue weighted by Crippen LogP contribution is -2.47. The molecule has 0 radical (unpaired) electrons. The Hall–Kier alpha value is -3.37. The molecule has 2 aromatic carbocycles. The van der Waals surface area contributed by atoms with Crippen molar-refractivity contribution in [2.75, 3.05) is 5.32 Å². The standard InChI is InChI=1S/C22H22ClN5O4S/c1-4-12(2)18(24-19(29)15-6-5-13(3)17(11-15)28(31)32)20(30)25-22-27-26-21(33-22)14-7-9-16(23)10-8-14/h5-12,18H,4H2,1-3H3,(H,24,29)(H,25,27,30). The minimum atomic E-state index is -0.870. The van der Waals surface area contributed by atoms with Crippen molar-refractivity contribution >= 4 is 45.6 Å². The van der Waals surface area contributed by atoms with Gasteiger partial charge >= 0.3 is 0 Å². The van der Waals surface area contributed by atoms with E-state index in [2.05, 4.69) is 20.8 Å². The molecule has 11 heteroatoms. The second-order valence-electron chi connectivity index (χ2n) is 7.50. The van der Waals surface area contributed by atoms with E-state index in [4.69, 9.17) is 11.6 Å². The predicted molar refractivity (Wildman–Crippen MR) is 128 cm³/mol. The van der Waals surface area contributed by atoms with Gasteiger partial charge in [0.15, 0.2) is 0 Å².